The summed E-state index contributed by atoms with van der Waals surface area (Å²) >= 11 is 0. The van der Waals surface area contributed by atoms with Crippen molar-refractivity contribution in [3.8, 4) is 0 Å². The van der Waals surface area contributed by atoms with Crippen LogP contribution in [0.1, 0.15) is 58.8 Å². The predicted molar refractivity (Wildman–Crippen MR) is 104 cm³/mol. The smallest absolute Gasteiger partial charge is 0.230 e. The van der Waals surface area contributed by atoms with Gasteiger partial charge in [0.15, 0.2) is 5.76 Å². The van der Waals surface area contributed by atoms with Gasteiger partial charge in [-0.3, -0.25) is 0 Å². The molecule has 2 aromatic rings. The fourth-order valence-corrected chi connectivity index (χ4v) is 3.95. The van der Waals surface area contributed by atoms with Crippen molar-refractivity contribution in [1.82, 2.24) is 9.97 Å². The molecule has 0 atom stereocenters. The molecule has 1 N–H and O–H groups in total. The van der Waals surface area contributed by atoms with Crippen molar-refractivity contribution >= 4 is 11.0 Å². The van der Waals surface area contributed by atoms with E-state index < -0.39 is 0 Å². The van der Waals surface area contributed by atoms with E-state index in [2.05, 4.69) is 63.9 Å². The molecule has 1 aliphatic carbocycles. The molecule has 1 aliphatic heterocycles. The lowest BCUT2D eigenvalue weighted by Crippen LogP contribution is -2.21. The molecule has 0 amide bonds. The van der Waals surface area contributed by atoms with Crippen molar-refractivity contribution in [2.75, 3.05) is 6.79 Å². The molecule has 2 aliphatic rings. The Morgan fingerprint density at radius 2 is 1.88 bits per heavy atom. The van der Waals surface area contributed by atoms with E-state index in [4.69, 9.17) is 14.5 Å². The molecule has 1 aromatic heterocycles. The second-order valence-electron chi connectivity index (χ2n) is 9.06. The number of benzene rings is 1. The molecule has 0 saturated heterocycles. The Morgan fingerprint density at radius 1 is 1.08 bits per heavy atom. The van der Waals surface area contributed by atoms with Gasteiger partial charge in [-0.25, -0.2) is 4.98 Å². The van der Waals surface area contributed by atoms with E-state index in [0.717, 1.165) is 47.6 Å². The zero-order valence-electron chi connectivity index (χ0n) is 16.4. The molecule has 0 unspecified atom stereocenters. The molecule has 0 radical (unpaired) electrons. The van der Waals surface area contributed by atoms with Gasteiger partial charge in [-0.05, 0) is 35.0 Å². The highest BCUT2D eigenvalue weighted by Crippen LogP contribution is 2.40. The van der Waals surface area contributed by atoms with Gasteiger partial charge >= 0.3 is 0 Å². The molecule has 138 valence electrons. The van der Waals surface area contributed by atoms with Crippen molar-refractivity contribution < 1.29 is 9.47 Å². The Labute approximate surface area is 155 Å². The quantitative estimate of drug-likeness (QED) is 0.808. The minimum Gasteiger partial charge on any atom is -0.458 e. The molecule has 4 nitrogen and oxygen atoms in total. The van der Waals surface area contributed by atoms with Crippen LogP contribution in [0.4, 0.5) is 0 Å². The van der Waals surface area contributed by atoms with Crippen LogP contribution < -0.4 is 0 Å². The monoisotopic (exact) mass is 352 g/mol. The average Bonchev–Trinajstić information content (AvgIpc) is 3.17. The van der Waals surface area contributed by atoms with Crippen molar-refractivity contribution in [2.45, 2.75) is 59.3 Å². The van der Waals surface area contributed by atoms with Crippen LogP contribution in [0.3, 0.4) is 0 Å². The van der Waals surface area contributed by atoms with E-state index in [1.165, 1.54) is 11.1 Å². The summed E-state index contributed by atoms with van der Waals surface area (Å²) in [5.41, 5.74) is 5.01. The number of ether oxygens (including phenoxy) is 2. The maximum absolute atomic E-state index is 5.59. The fourth-order valence-electron chi connectivity index (χ4n) is 3.95. The molecule has 2 heterocycles. The number of aromatic nitrogens is 2. The van der Waals surface area contributed by atoms with Crippen LogP contribution in [0.15, 0.2) is 41.4 Å². The molecule has 4 rings (SSSR count). The summed E-state index contributed by atoms with van der Waals surface area (Å²) in [5, 5.41) is 0. The normalized spacial score (nSPS) is 17.8. The number of H-pyrrole nitrogens is 1. The number of fused-ring (bicyclic) bond motifs is 1. The third-order valence-electron chi connectivity index (χ3n) is 5.50. The number of nitrogens with one attached hydrogen (secondary N) is 1. The number of nitrogens with zero attached hydrogens (tertiary/aromatic N) is 1. The van der Waals surface area contributed by atoms with Crippen LogP contribution in [-0.4, -0.2) is 16.8 Å². The summed E-state index contributed by atoms with van der Waals surface area (Å²) in [6.07, 6.45) is 5.00. The van der Waals surface area contributed by atoms with Crippen molar-refractivity contribution in [3.05, 3.63) is 52.8 Å². The standard InChI is InChI=1S/C22H28N2O2/c1-21(2,3)15-7-6-8-16-20(15)24-19(23-16)12-22(4,5)14-9-10-17-18(11-14)26-13-25-17/h6-8,11H,9-10,12-13H2,1-5H3,(H,23,24). The highest BCUT2D eigenvalue weighted by molar-refractivity contribution is 5.80. The van der Waals surface area contributed by atoms with E-state index in [0.29, 0.717) is 6.79 Å². The van der Waals surface area contributed by atoms with Crippen molar-refractivity contribution in [1.29, 1.82) is 0 Å². The first kappa shape index (κ1) is 17.2. The second kappa shape index (κ2) is 5.90. The number of allylic oxidation sites excluding steroid dienone is 3. The van der Waals surface area contributed by atoms with Gasteiger partial charge in [-0.1, -0.05) is 52.3 Å². The fraction of sp³-hybridized carbons (Fsp3) is 0.500. The second-order valence-corrected chi connectivity index (χ2v) is 9.06. The summed E-state index contributed by atoms with van der Waals surface area (Å²) in [7, 11) is 0. The zero-order valence-corrected chi connectivity index (χ0v) is 16.4. The average molecular weight is 352 g/mol. The van der Waals surface area contributed by atoms with E-state index in [1.807, 2.05) is 0 Å². The third-order valence-corrected chi connectivity index (χ3v) is 5.50. The molecule has 4 heteroatoms. The topological polar surface area (TPSA) is 47.1 Å². The molecular formula is C22H28N2O2. The summed E-state index contributed by atoms with van der Waals surface area (Å²) in [5.74, 6) is 2.97. The van der Waals surface area contributed by atoms with E-state index in [-0.39, 0.29) is 10.8 Å². The van der Waals surface area contributed by atoms with E-state index >= 15 is 0 Å². The lowest BCUT2D eigenvalue weighted by molar-refractivity contribution is 0.0729. The summed E-state index contributed by atoms with van der Waals surface area (Å²) in [6, 6.07) is 6.42. The Bertz CT molecular complexity index is 910. The Kier molecular flexibility index (Phi) is 3.90. The van der Waals surface area contributed by atoms with Crippen LogP contribution in [0.5, 0.6) is 0 Å². The third kappa shape index (κ3) is 3.02. The number of rotatable bonds is 3. The first-order chi connectivity index (χ1) is 12.2. The molecule has 0 fully saturated rings. The van der Waals surface area contributed by atoms with Gasteiger partial charge in [0.2, 0.25) is 6.79 Å². The van der Waals surface area contributed by atoms with E-state index in [9.17, 15) is 0 Å². The lowest BCUT2D eigenvalue weighted by Gasteiger charge is -2.29. The van der Waals surface area contributed by atoms with Gasteiger partial charge in [0.25, 0.3) is 0 Å². The molecule has 0 bridgehead atoms. The Morgan fingerprint density at radius 3 is 2.65 bits per heavy atom. The predicted octanol–water partition coefficient (Wildman–Crippen LogP) is 5.37. The van der Waals surface area contributed by atoms with Crippen LogP contribution in [0.25, 0.3) is 11.0 Å². The molecule has 1 aromatic carbocycles. The number of para-hydroxylation sites is 1. The highest BCUT2D eigenvalue weighted by atomic mass is 16.7. The maximum Gasteiger partial charge on any atom is 0.230 e. The van der Waals surface area contributed by atoms with E-state index in [1.54, 1.807) is 0 Å². The van der Waals surface area contributed by atoms with Gasteiger partial charge in [0.1, 0.15) is 11.6 Å². The minimum absolute atomic E-state index is 0.0141. The molecule has 0 spiro atoms. The number of hydrogen-bond donors (Lipinski definition) is 1. The lowest BCUT2D eigenvalue weighted by atomic mass is 9.77. The number of imidazole rings is 1. The van der Waals surface area contributed by atoms with Gasteiger partial charge in [0, 0.05) is 12.8 Å². The van der Waals surface area contributed by atoms with Crippen molar-refractivity contribution in [2.24, 2.45) is 5.41 Å². The number of hydrogen-bond acceptors (Lipinski definition) is 3. The SMILES string of the molecule is CC(C)(Cc1nc2c(C(C)(C)C)cccc2[nH]1)C1=CC2=C(CC1)OCO2. The van der Waals surface area contributed by atoms with Crippen LogP contribution in [0.2, 0.25) is 0 Å². The van der Waals surface area contributed by atoms with Gasteiger partial charge in [-0.2, -0.15) is 0 Å². The maximum atomic E-state index is 5.59. The summed E-state index contributed by atoms with van der Waals surface area (Å²) in [6.45, 7) is 11.6. The Hall–Kier alpha value is -2.23. The number of aromatic amines is 1. The van der Waals surface area contributed by atoms with Gasteiger partial charge in [-0.15, -0.1) is 0 Å². The largest absolute Gasteiger partial charge is 0.458 e. The van der Waals surface area contributed by atoms with Crippen LogP contribution in [-0.2, 0) is 21.3 Å². The summed E-state index contributed by atoms with van der Waals surface area (Å²) in [4.78, 5) is 8.52. The molecular weight excluding hydrogens is 324 g/mol. The van der Waals surface area contributed by atoms with Gasteiger partial charge < -0.3 is 14.5 Å². The zero-order chi connectivity index (χ0) is 18.5. The Balaban J connectivity index is 1.64. The van der Waals surface area contributed by atoms with Gasteiger partial charge in [0.05, 0.1) is 11.0 Å². The van der Waals surface area contributed by atoms with Crippen LogP contribution >= 0.6 is 0 Å². The molecule has 26 heavy (non-hydrogen) atoms. The highest BCUT2D eigenvalue weighted by Gasteiger charge is 2.31. The first-order valence-corrected chi connectivity index (χ1v) is 9.42. The first-order valence-electron chi connectivity index (χ1n) is 9.42. The minimum atomic E-state index is 0.0141. The van der Waals surface area contributed by atoms with Crippen LogP contribution in [0, 0.1) is 5.41 Å². The molecule has 0 saturated carbocycles. The summed E-state index contributed by atoms with van der Waals surface area (Å²) < 4.78 is 11.1. The van der Waals surface area contributed by atoms with Crippen molar-refractivity contribution in [3.63, 3.8) is 0 Å².